The van der Waals surface area contributed by atoms with Crippen LogP contribution in [0.2, 0.25) is 0 Å². The van der Waals surface area contributed by atoms with Crippen LogP contribution in [0.3, 0.4) is 0 Å². The number of amides is 5. The Morgan fingerprint density at radius 1 is 0.605 bits per heavy atom. The molecule has 0 aromatic heterocycles. The molecule has 0 unspecified atom stereocenters. The molecular formula is C30H19N3O5. The number of nitrogens with one attached hydrogen (secondary N) is 1. The van der Waals surface area contributed by atoms with Crippen LogP contribution in [0.1, 0.15) is 57.4 Å². The molecule has 0 spiro atoms. The van der Waals surface area contributed by atoms with Crippen molar-refractivity contribution in [3.8, 4) is 0 Å². The third-order valence-corrected chi connectivity index (χ3v) is 6.68. The van der Waals surface area contributed by atoms with Gasteiger partial charge < -0.3 is 5.32 Å². The first-order valence-electron chi connectivity index (χ1n) is 11.8. The minimum absolute atomic E-state index is 0.256. The molecule has 184 valence electrons. The van der Waals surface area contributed by atoms with Gasteiger partial charge in [-0.2, -0.15) is 0 Å². The second-order valence-corrected chi connectivity index (χ2v) is 8.98. The highest BCUT2D eigenvalue weighted by Gasteiger charge is 2.38. The Morgan fingerprint density at radius 3 is 1.58 bits per heavy atom. The molecule has 4 aromatic rings. The van der Waals surface area contributed by atoms with Crippen molar-refractivity contribution in [1.82, 2.24) is 0 Å². The normalized spacial score (nSPS) is 14.1. The quantitative estimate of drug-likeness (QED) is 0.403. The fourth-order valence-electron chi connectivity index (χ4n) is 4.72. The average molecular weight is 501 g/mol. The molecule has 0 bridgehead atoms. The van der Waals surface area contributed by atoms with E-state index in [-0.39, 0.29) is 5.56 Å². The monoisotopic (exact) mass is 501 g/mol. The van der Waals surface area contributed by atoms with Crippen LogP contribution < -0.4 is 15.1 Å². The summed E-state index contributed by atoms with van der Waals surface area (Å²) in [5.74, 6) is -2.12. The molecule has 2 aliphatic heterocycles. The Morgan fingerprint density at radius 2 is 1.08 bits per heavy atom. The van der Waals surface area contributed by atoms with Crippen molar-refractivity contribution in [2.45, 2.75) is 6.92 Å². The number of hydrogen-bond donors (Lipinski definition) is 1. The molecule has 8 heteroatoms. The van der Waals surface area contributed by atoms with Crippen LogP contribution in [0.5, 0.6) is 0 Å². The Kier molecular flexibility index (Phi) is 5.24. The lowest BCUT2D eigenvalue weighted by Gasteiger charge is -2.18. The van der Waals surface area contributed by atoms with Crippen LogP contribution in [0.25, 0.3) is 0 Å². The summed E-state index contributed by atoms with van der Waals surface area (Å²) in [7, 11) is 0. The molecule has 0 radical (unpaired) electrons. The molecule has 0 atom stereocenters. The fraction of sp³-hybridized carbons (Fsp3) is 0.0333. The maximum Gasteiger partial charge on any atom is 0.266 e. The van der Waals surface area contributed by atoms with Gasteiger partial charge in [0.15, 0.2) is 0 Å². The molecule has 38 heavy (non-hydrogen) atoms. The number of rotatable bonds is 4. The minimum Gasteiger partial charge on any atom is -0.322 e. The molecule has 1 N–H and O–H groups in total. The topological polar surface area (TPSA) is 104 Å². The van der Waals surface area contributed by atoms with E-state index >= 15 is 0 Å². The Hall–Kier alpha value is -5.37. The van der Waals surface area contributed by atoms with Gasteiger partial charge in [-0.25, -0.2) is 9.80 Å². The van der Waals surface area contributed by atoms with Crippen molar-refractivity contribution in [1.29, 1.82) is 0 Å². The zero-order chi connectivity index (χ0) is 26.6. The Bertz CT molecular complexity index is 1640. The van der Waals surface area contributed by atoms with E-state index in [1.807, 2.05) is 0 Å². The smallest absolute Gasteiger partial charge is 0.266 e. The molecule has 2 heterocycles. The van der Waals surface area contributed by atoms with E-state index in [1.54, 1.807) is 91.9 Å². The van der Waals surface area contributed by atoms with Crippen LogP contribution in [0.15, 0.2) is 91.0 Å². The zero-order valence-corrected chi connectivity index (χ0v) is 20.1. The third kappa shape index (κ3) is 3.50. The SMILES string of the molecule is Cc1ccc(C(=O)Nc2ccc(N3C(=O)c4ccccc4C3=O)cc2)cc1N1C(=O)c2ccccc2C1=O. The van der Waals surface area contributed by atoms with Crippen molar-refractivity contribution in [3.63, 3.8) is 0 Å². The van der Waals surface area contributed by atoms with E-state index in [1.165, 1.54) is 6.07 Å². The maximum atomic E-state index is 13.0. The minimum atomic E-state index is -0.448. The van der Waals surface area contributed by atoms with Crippen LogP contribution in [0, 0.1) is 6.92 Å². The van der Waals surface area contributed by atoms with Gasteiger partial charge in [0, 0.05) is 11.3 Å². The largest absolute Gasteiger partial charge is 0.322 e. The highest BCUT2D eigenvalue weighted by Crippen LogP contribution is 2.32. The van der Waals surface area contributed by atoms with E-state index in [4.69, 9.17) is 0 Å². The molecule has 5 amide bonds. The molecule has 0 saturated heterocycles. The predicted octanol–water partition coefficient (Wildman–Crippen LogP) is 4.85. The number of hydrogen-bond acceptors (Lipinski definition) is 5. The number of aryl methyl sites for hydroxylation is 1. The summed E-state index contributed by atoms with van der Waals surface area (Å²) in [5.41, 5.74) is 3.44. The van der Waals surface area contributed by atoms with E-state index in [9.17, 15) is 24.0 Å². The molecular weight excluding hydrogens is 482 g/mol. The summed E-state index contributed by atoms with van der Waals surface area (Å²) in [6.07, 6.45) is 0. The van der Waals surface area contributed by atoms with Gasteiger partial charge in [-0.3, -0.25) is 24.0 Å². The van der Waals surface area contributed by atoms with Gasteiger partial charge in [-0.15, -0.1) is 0 Å². The predicted molar refractivity (Wildman–Crippen MR) is 141 cm³/mol. The van der Waals surface area contributed by atoms with Gasteiger partial charge in [0.05, 0.1) is 33.6 Å². The zero-order valence-electron chi connectivity index (χ0n) is 20.1. The first kappa shape index (κ1) is 23.1. The number of nitrogens with zero attached hydrogens (tertiary/aromatic N) is 2. The fourth-order valence-corrected chi connectivity index (χ4v) is 4.72. The second kappa shape index (κ2) is 8.63. The maximum absolute atomic E-state index is 13.0. The van der Waals surface area contributed by atoms with E-state index in [0.717, 1.165) is 9.80 Å². The third-order valence-electron chi connectivity index (χ3n) is 6.68. The van der Waals surface area contributed by atoms with Gasteiger partial charge in [0.25, 0.3) is 29.5 Å². The Balaban J connectivity index is 1.22. The summed E-state index contributed by atoms with van der Waals surface area (Å²) in [6.45, 7) is 1.76. The van der Waals surface area contributed by atoms with E-state index < -0.39 is 29.5 Å². The number of imide groups is 2. The lowest BCUT2D eigenvalue weighted by atomic mass is 10.1. The number of carbonyl (C=O) groups excluding carboxylic acids is 5. The van der Waals surface area contributed by atoms with Gasteiger partial charge >= 0.3 is 0 Å². The summed E-state index contributed by atoms with van der Waals surface area (Å²) >= 11 is 0. The van der Waals surface area contributed by atoms with Crippen LogP contribution in [-0.4, -0.2) is 29.5 Å². The van der Waals surface area contributed by atoms with Crippen molar-refractivity contribution in [2.24, 2.45) is 0 Å². The lowest BCUT2D eigenvalue weighted by molar-refractivity contribution is 0.0910. The molecule has 0 aliphatic carbocycles. The number of carbonyl (C=O) groups is 5. The van der Waals surface area contributed by atoms with Gasteiger partial charge in [0.1, 0.15) is 0 Å². The van der Waals surface area contributed by atoms with Crippen LogP contribution >= 0.6 is 0 Å². The van der Waals surface area contributed by atoms with E-state index in [0.29, 0.717) is 44.9 Å². The van der Waals surface area contributed by atoms with Crippen molar-refractivity contribution in [3.05, 3.63) is 124 Å². The highest BCUT2D eigenvalue weighted by atomic mass is 16.2. The van der Waals surface area contributed by atoms with E-state index in [2.05, 4.69) is 5.32 Å². The first-order chi connectivity index (χ1) is 18.3. The van der Waals surface area contributed by atoms with Crippen molar-refractivity contribution < 1.29 is 24.0 Å². The van der Waals surface area contributed by atoms with Crippen molar-refractivity contribution in [2.75, 3.05) is 15.1 Å². The summed E-state index contributed by atoms with van der Waals surface area (Å²) in [6, 6.07) is 24.4. The van der Waals surface area contributed by atoms with Crippen molar-refractivity contribution >= 4 is 46.6 Å². The molecule has 8 nitrogen and oxygen atoms in total. The van der Waals surface area contributed by atoms with Crippen LogP contribution in [0.4, 0.5) is 17.1 Å². The molecule has 6 rings (SSSR count). The van der Waals surface area contributed by atoms with Gasteiger partial charge in [0.2, 0.25) is 0 Å². The summed E-state index contributed by atoms with van der Waals surface area (Å²) in [4.78, 5) is 66.6. The molecule has 2 aliphatic rings. The van der Waals surface area contributed by atoms with Gasteiger partial charge in [-0.1, -0.05) is 30.3 Å². The first-order valence-corrected chi connectivity index (χ1v) is 11.8. The highest BCUT2D eigenvalue weighted by molar-refractivity contribution is 6.35. The molecule has 0 fully saturated rings. The summed E-state index contributed by atoms with van der Waals surface area (Å²) < 4.78 is 0. The second-order valence-electron chi connectivity index (χ2n) is 8.98. The number of benzene rings is 4. The summed E-state index contributed by atoms with van der Waals surface area (Å²) in [5, 5.41) is 2.78. The van der Waals surface area contributed by atoms with Gasteiger partial charge in [-0.05, 0) is 73.2 Å². The Labute approximate surface area is 217 Å². The molecule has 4 aromatic carbocycles. The van der Waals surface area contributed by atoms with Crippen LogP contribution in [-0.2, 0) is 0 Å². The molecule has 0 saturated carbocycles. The standard InChI is InChI=1S/C30H19N3O5/c1-17-10-11-18(16-25(17)33-29(37)23-8-4-5-9-24(23)30(33)38)26(34)31-19-12-14-20(15-13-19)32-27(35)21-6-2-3-7-22(21)28(32)36/h2-16H,1H3,(H,31,34). The number of fused-ring (bicyclic) bond motifs is 2. The number of anilines is 3. The average Bonchev–Trinajstić information content (AvgIpc) is 3.34. The lowest BCUT2D eigenvalue weighted by Crippen LogP contribution is -2.30.